The molecule has 0 spiro atoms. The van der Waals surface area contributed by atoms with Crippen LogP contribution >= 0.6 is 15.9 Å². The third-order valence-electron chi connectivity index (χ3n) is 2.88. The maximum atomic E-state index is 4.48. The Hall–Kier alpha value is -0.680. The molecule has 0 aliphatic heterocycles. The molecule has 0 aliphatic carbocycles. The van der Waals surface area contributed by atoms with E-state index in [-0.39, 0.29) is 0 Å². The van der Waals surface area contributed by atoms with Crippen molar-refractivity contribution in [2.75, 3.05) is 25.0 Å². The van der Waals surface area contributed by atoms with Crippen molar-refractivity contribution in [1.82, 2.24) is 14.9 Å². The number of halogens is 1. The molecule has 0 amide bonds. The van der Waals surface area contributed by atoms with Crippen LogP contribution in [0.3, 0.4) is 0 Å². The van der Waals surface area contributed by atoms with Crippen LogP contribution in [0.5, 0.6) is 0 Å². The Bertz CT molecular complexity index is 366. The van der Waals surface area contributed by atoms with Crippen molar-refractivity contribution in [3.63, 3.8) is 0 Å². The number of hydrogen-bond acceptors (Lipinski definition) is 4. The lowest BCUT2D eigenvalue weighted by molar-refractivity contribution is 0.294. The Kier molecular flexibility index (Phi) is 6.57. The molecule has 1 atom stereocenters. The first-order chi connectivity index (χ1) is 8.58. The van der Waals surface area contributed by atoms with E-state index in [0.717, 1.165) is 42.3 Å². The van der Waals surface area contributed by atoms with E-state index in [9.17, 15) is 0 Å². The fraction of sp³-hybridized carbons (Fsp3) is 0.692. The zero-order chi connectivity index (χ0) is 13.5. The van der Waals surface area contributed by atoms with Gasteiger partial charge in [0.15, 0.2) is 0 Å². The third kappa shape index (κ3) is 4.90. The minimum absolute atomic E-state index is 0.372. The lowest BCUT2D eigenvalue weighted by Crippen LogP contribution is -2.35. The van der Waals surface area contributed by atoms with Crippen LogP contribution in [-0.2, 0) is 6.42 Å². The molecule has 0 aliphatic rings. The fourth-order valence-electron chi connectivity index (χ4n) is 1.86. The molecule has 0 fully saturated rings. The Balaban J connectivity index is 2.63. The molecule has 1 N–H and O–H groups in total. The van der Waals surface area contributed by atoms with Crippen molar-refractivity contribution in [2.45, 2.75) is 40.2 Å². The van der Waals surface area contributed by atoms with Crippen LogP contribution in [0.4, 0.5) is 5.82 Å². The SMILES string of the molecule is CCc1nc(Br)cc(NC(C)CN(CC)CC)n1. The number of aromatic nitrogens is 2. The van der Waals surface area contributed by atoms with Crippen LogP contribution in [0.1, 0.15) is 33.5 Å². The molecule has 4 nitrogen and oxygen atoms in total. The van der Waals surface area contributed by atoms with Gasteiger partial charge in [-0.25, -0.2) is 9.97 Å². The van der Waals surface area contributed by atoms with E-state index in [1.165, 1.54) is 0 Å². The van der Waals surface area contributed by atoms with Gasteiger partial charge >= 0.3 is 0 Å². The molecule has 1 aromatic heterocycles. The maximum Gasteiger partial charge on any atom is 0.131 e. The van der Waals surface area contributed by atoms with Gasteiger partial charge in [-0.3, -0.25) is 0 Å². The fourth-order valence-corrected chi connectivity index (χ4v) is 2.29. The molecule has 0 saturated carbocycles. The highest BCUT2D eigenvalue weighted by molar-refractivity contribution is 9.10. The third-order valence-corrected chi connectivity index (χ3v) is 3.28. The summed E-state index contributed by atoms with van der Waals surface area (Å²) in [5.41, 5.74) is 0. The van der Waals surface area contributed by atoms with Gasteiger partial charge in [-0.05, 0) is 35.9 Å². The molecule has 0 bridgehead atoms. The predicted octanol–water partition coefficient (Wildman–Crippen LogP) is 2.94. The summed E-state index contributed by atoms with van der Waals surface area (Å²) < 4.78 is 0.840. The second-order valence-electron chi connectivity index (χ2n) is 4.38. The van der Waals surface area contributed by atoms with Gasteiger partial charge in [-0.1, -0.05) is 20.8 Å². The smallest absolute Gasteiger partial charge is 0.131 e. The number of likely N-dealkylation sites (N-methyl/N-ethyl adjacent to an activating group) is 1. The summed E-state index contributed by atoms with van der Waals surface area (Å²) in [4.78, 5) is 11.2. The van der Waals surface area contributed by atoms with Gasteiger partial charge in [0.1, 0.15) is 16.2 Å². The lowest BCUT2D eigenvalue weighted by atomic mass is 10.3. The van der Waals surface area contributed by atoms with Crippen LogP contribution in [0.2, 0.25) is 0 Å². The molecule has 0 aromatic carbocycles. The summed E-state index contributed by atoms with van der Waals surface area (Å²) in [6.45, 7) is 11.8. The summed E-state index contributed by atoms with van der Waals surface area (Å²) in [6.07, 6.45) is 0.846. The van der Waals surface area contributed by atoms with Crippen LogP contribution in [-0.4, -0.2) is 40.5 Å². The van der Waals surface area contributed by atoms with Crippen molar-refractivity contribution in [3.8, 4) is 0 Å². The van der Waals surface area contributed by atoms with Crippen LogP contribution in [0, 0.1) is 0 Å². The highest BCUT2D eigenvalue weighted by Crippen LogP contribution is 2.13. The summed E-state index contributed by atoms with van der Waals surface area (Å²) in [5, 5.41) is 3.43. The molecule has 1 unspecified atom stereocenters. The quantitative estimate of drug-likeness (QED) is 0.786. The van der Waals surface area contributed by atoms with Gasteiger partial charge in [-0.2, -0.15) is 0 Å². The van der Waals surface area contributed by atoms with Crippen molar-refractivity contribution in [2.24, 2.45) is 0 Å². The molecule has 18 heavy (non-hydrogen) atoms. The maximum absolute atomic E-state index is 4.48. The number of nitrogens with zero attached hydrogens (tertiary/aromatic N) is 3. The average Bonchev–Trinajstić information content (AvgIpc) is 2.35. The minimum atomic E-state index is 0.372. The predicted molar refractivity (Wildman–Crippen MR) is 80.0 cm³/mol. The molecule has 0 radical (unpaired) electrons. The monoisotopic (exact) mass is 314 g/mol. The van der Waals surface area contributed by atoms with E-state index >= 15 is 0 Å². The molecule has 1 heterocycles. The minimum Gasteiger partial charge on any atom is -0.366 e. The lowest BCUT2D eigenvalue weighted by Gasteiger charge is -2.23. The van der Waals surface area contributed by atoms with Gasteiger partial charge in [0.05, 0.1) is 0 Å². The van der Waals surface area contributed by atoms with Gasteiger partial charge in [0.25, 0.3) is 0 Å². The van der Waals surface area contributed by atoms with Crippen LogP contribution in [0.15, 0.2) is 10.7 Å². The zero-order valence-electron chi connectivity index (χ0n) is 11.7. The van der Waals surface area contributed by atoms with Gasteiger partial charge in [0.2, 0.25) is 0 Å². The first kappa shape index (κ1) is 15.4. The standard InChI is InChI=1S/C13H23BrN4/c1-5-12-16-11(14)8-13(17-12)15-10(4)9-18(6-2)7-3/h8,10H,5-7,9H2,1-4H3,(H,15,16,17). The Labute approximate surface area is 118 Å². The van der Waals surface area contributed by atoms with E-state index in [1.54, 1.807) is 0 Å². The molecule has 102 valence electrons. The van der Waals surface area contributed by atoms with E-state index in [1.807, 2.05) is 6.07 Å². The summed E-state index contributed by atoms with van der Waals surface area (Å²) in [5.74, 6) is 1.76. The van der Waals surface area contributed by atoms with Crippen molar-refractivity contribution < 1.29 is 0 Å². The second kappa shape index (κ2) is 7.69. The molecule has 1 rings (SSSR count). The number of aryl methyl sites for hydroxylation is 1. The molecular formula is C13H23BrN4. The molecule has 0 saturated heterocycles. The van der Waals surface area contributed by atoms with Gasteiger partial charge in [-0.15, -0.1) is 0 Å². The summed E-state index contributed by atoms with van der Waals surface area (Å²) in [6, 6.07) is 2.30. The van der Waals surface area contributed by atoms with E-state index in [4.69, 9.17) is 0 Å². The number of rotatable bonds is 7. The Morgan fingerprint density at radius 3 is 2.50 bits per heavy atom. The molecule has 5 heteroatoms. The number of hydrogen-bond donors (Lipinski definition) is 1. The van der Waals surface area contributed by atoms with Gasteiger partial charge < -0.3 is 10.2 Å². The van der Waals surface area contributed by atoms with E-state index in [0.29, 0.717) is 6.04 Å². The second-order valence-corrected chi connectivity index (χ2v) is 5.19. The van der Waals surface area contributed by atoms with Crippen molar-refractivity contribution >= 4 is 21.7 Å². The first-order valence-corrected chi connectivity index (χ1v) is 7.40. The first-order valence-electron chi connectivity index (χ1n) is 6.61. The highest BCUT2D eigenvalue weighted by Gasteiger charge is 2.09. The highest BCUT2D eigenvalue weighted by atomic mass is 79.9. The van der Waals surface area contributed by atoms with Crippen molar-refractivity contribution in [1.29, 1.82) is 0 Å². The van der Waals surface area contributed by atoms with Crippen LogP contribution < -0.4 is 5.32 Å². The Morgan fingerprint density at radius 2 is 1.94 bits per heavy atom. The summed E-state index contributed by atoms with van der Waals surface area (Å²) in [7, 11) is 0. The zero-order valence-corrected chi connectivity index (χ0v) is 13.3. The topological polar surface area (TPSA) is 41.1 Å². The summed E-state index contributed by atoms with van der Waals surface area (Å²) >= 11 is 3.42. The van der Waals surface area contributed by atoms with Crippen molar-refractivity contribution in [3.05, 3.63) is 16.5 Å². The average molecular weight is 315 g/mol. The van der Waals surface area contributed by atoms with E-state index in [2.05, 4.69) is 63.8 Å². The van der Waals surface area contributed by atoms with Gasteiger partial charge in [0, 0.05) is 25.1 Å². The number of anilines is 1. The number of nitrogens with one attached hydrogen (secondary N) is 1. The molecular weight excluding hydrogens is 292 g/mol. The van der Waals surface area contributed by atoms with E-state index < -0.39 is 0 Å². The normalized spacial score (nSPS) is 12.8. The van der Waals surface area contributed by atoms with Crippen LogP contribution in [0.25, 0.3) is 0 Å². The Morgan fingerprint density at radius 1 is 1.28 bits per heavy atom. The molecule has 1 aromatic rings. The largest absolute Gasteiger partial charge is 0.366 e.